The molecule has 10 heteroatoms. The van der Waals surface area contributed by atoms with Crippen LogP contribution >= 0.6 is 0 Å². The van der Waals surface area contributed by atoms with Crippen molar-refractivity contribution in [2.24, 2.45) is 0 Å². The predicted molar refractivity (Wildman–Crippen MR) is 79.3 cm³/mol. The Labute approximate surface area is 138 Å². The van der Waals surface area contributed by atoms with Gasteiger partial charge in [0.1, 0.15) is 18.8 Å². The minimum absolute atomic E-state index is 0.101. The molecule has 136 valence electrons. The number of rotatable bonds is 7. The van der Waals surface area contributed by atoms with Crippen LogP contribution in [0, 0.1) is 0 Å². The molecule has 2 N–H and O–H groups in total. The molecular formula is C14H20F3N2O4S+. The van der Waals surface area contributed by atoms with Crippen LogP contribution in [0.25, 0.3) is 0 Å². The highest BCUT2D eigenvalue weighted by Gasteiger charge is 2.31. The zero-order valence-corrected chi connectivity index (χ0v) is 13.8. The van der Waals surface area contributed by atoms with E-state index in [1.165, 1.54) is 4.90 Å². The second kappa shape index (κ2) is 8.15. The first-order valence-corrected chi connectivity index (χ1v) is 9.01. The van der Waals surface area contributed by atoms with Crippen molar-refractivity contribution in [3.8, 4) is 5.75 Å². The van der Waals surface area contributed by atoms with Crippen molar-refractivity contribution < 1.29 is 36.0 Å². The van der Waals surface area contributed by atoms with Crippen LogP contribution in [-0.2, 0) is 14.8 Å². The van der Waals surface area contributed by atoms with Gasteiger partial charge in [0.25, 0.3) is 0 Å². The van der Waals surface area contributed by atoms with E-state index in [-0.39, 0.29) is 11.4 Å². The third-order valence-corrected chi connectivity index (χ3v) is 5.04. The number of hydrogen-bond donors (Lipinski definition) is 2. The Hall–Kier alpha value is -1.36. The first kappa shape index (κ1) is 19.0. The fourth-order valence-electron chi connectivity index (χ4n) is 2.36. The molecule has 0 aliphatic carbocycles. The fourth-order valence-corrected chi connectivity index (χ4v) is 3.43. The van der Waals surface area contributed by atoms with Gasteiger partial charge in [0.15, 0.2) is 0 Å². The van der Waals surface area contributed by atoms with Gasteiger partial charge in [0.05, 0.1) is 24.7 Å². The normalized spacial score (nSPS) is 17.0. The van der Waals surface area contributed by atoms with Crippen LogP contribution in [0.2, 0.25) is 0 Å². The number of ether oxygens (including phenoxy) is 2. The Kier molecular flexibility index (Phi) is 6.44. The summed E-state index contributed by atoms with van der Waals surface area (Å²) < 4.78 is 71.8. The van der Waals surface area contributed by atoms with Crippen molar-refractivity contribution in [3.63, 3.8) is 0 Å². The molecule has 0 amide bonds. The van der Waals surface area contributed by atoms with Crippen molar-refractivity contribution in [3.05, 3.63) is 24.3 Å². The van der Waals surface area contributed by atoms with Crippen LogP contribution < -0.4 is 14.4 Å². The maximum Gasteiger partial charge on any atom is 0.573 e. The van der Waals surface area contributed by atoms with E-state index in [0.29, 0.717) is 19.6 Å². The molecule has 1 aromatic carbocycles. The molecule has 1 aliphatic heterocycles. The highest BCUT2D eigenvalue weighted by Crippen LogP contribution is 2.23. The lowest BCUT2D eigenvalue weighted by molar-refractivity contribution is -0.908. The van der Waals surface area contributed by atoms with Crippen molar-refractivity contribution in [2.75, 3.05) is 39.4 Å². The summed E-state index contributed by atoms with van der Waals surface area (Å²) in [6.45, 7) is 4.36. The van der Waals surface area contributed by atoms with E-state index in [2.05, 4.69) is 9.46 Å². The molecule has 1 heterocycles. The number of sulfonamides is 1. The highest BCUT2D eigenvalue weighted by molar-refractivity contribution is 7.89. The number of hydrogen-bond acceptors (Lipinski definition) is 4. The van der Waals surface area contributed by atoms with E-state index in [4.69, 9.17) is 4.74 Å². The van der Waals surface area contributed by atoms with Gasteiger partial charge >= 0.3 is 6.36 Å². The largest absolute Gasteiger partial charge is 0.573 e. The molecule has 0 radical (unpaired) electrons. The Balaban J connectivity index is 1.81. The second-order valence-electron chi connectivity index (χ2n) is 5.38. The van der Waals surface area contributed by atoms with Gasteiger partial charge in [-0.15, -0.1) is 13.2 Å². The lowest BCUT2D eigenvalue weighted by Gasteiger charge is -2.23. The monoisotopic (exact) mass is 369 g/mol. The second-order valence-corrected chi connectivity index (χ2v) is 7.15. The smallest absolute Gasteiger partial charge is 0.406 e. The minimum atomic E-state index is -4.81. The average molecular weight is 369 g/mol. The Morgan fingerprint density at radius 3 is 2.38 bits per heavy atom. The quantitative estimate of drug-likeness (QED) is 0.673. The van der Waals surface area contributed by atoms with Crippen molar-refractivity contribution in [1.29, 1.82) is 0 Å². The lowest BCUT2D eigenvalue weighted by atomic mass is 10.3. The van der Waals surface area contributed by atoms with Gasteiger partial charge in [-0.3, -0.25) is 0 Å². The third-order valence-electron chi connectivity index (χ3n) is 3.57. The average Bonchev–Trinajstić information content (AvgIpc) is 2.52. The van der Waals surface area contributed by atoms with E-state index >= 15 is 0 Å². The van der Waals surface area contributed by atoms with Crippen molar-refractivity contribution >= 4 is 10.0 Å². The SMILES string of the molecule is O=S(=O)(NCCC[NH+]1CCOCC1)c1ccc(OC(F)(F)F)cc1. The number of morpholine rings is 1. The molecule has 0 bridgehead atoms. The molecule has 0 unspecified atom stereocenters. The third kappa shape index (κ3) is 6.27. The molecule has 1 aliphatic rings. The Morgan fingerprint density at radius 1 is 1.17 bits per heavy atom. The fraction of sp³-hybridized carbons (Fsp3) is 0.571. The number of quaternary nitrogens is 1. The Morgan fingerprint density at radius 2 is 1.79 bits per heavy atom. The summed E-state index contributed by atoms with van der Waals surface area (Å²) in [6.07, 6.45) is -4.13. The zero-order chi connectivity index (χ0) is 17.6. The van der Waals surface area contributed by atoms with Crippen LogP contribution in [0.4, 0.5) is 13.2 Å². The van der Waals surface area contributed by atoms with Gasteiger partial charge in [0, 0.05) is 13.0 Å². The maximum atomic E-state index is 12.1. The van der Waals surface area contributed by atoms with E-state index < -0.39 is 22.1 Å². The van der Waals surface area contributed by atoms with Crippen molar-refractivity contribution in [1.82, 2.24) is 4.72 Å². The van der Waals surface area contributed by atoms with E-state index in [1.54, 1.807) is 0 Å². The van der Waals surface area contributed by atoms with E-state index in [0.717, 1.165) is 43.9 Å². The van der Waals surface area contributed by atoms with Gasteiger partial charge in [-0.25, -0.2) is 13.1 Å². The molecule has 2 rings (SSSR count). The zero-order valence-electron chi connectivity index (χ0n) is 12.9. The van der Waals surface area contributed by atoms with Crippen LogP contribution in [0.15, 0.2) is 29.2 Å². The standard InChI is InChI=1S/C14H19F3N2O4S/c15-14(16,17)23-12-2-4-13(5-3-12)24(20,21)18-6-1-7-19-8-10-22-11-9-19/h2-5,18H,1,6-11H2/p+1. The van der Waals surface area contributed by atoms with Crippen LogP contribution in [0.3, 0.4) is 0 Å². The molecule has 0 spiro atoms. The summed E-state index contributed by atoms with van der Waals surface area (Å²) in [4.78, 5) is 1.27. The van der Waals surface area contributed by atoms with E-state index in [1.807, 2.05) is 0 Å². The van der Waals surface area contributed by atoms with Gasteiger partial charge in [-0.05, 0) is 24.3 Å². The van der Waals surface area contributed by atoms with Crippen molar-refractivity contribution in [2.45, 2.75) is 17.7 Å². The molecule has 0 atom stereocenters. The molecule has 1 aromatic rings. The summed E-state index contributed by atoms with van der Waals surface area (Å²) in [6, 6.07) is 4.10. The topological polar surface area (TPSA) is 69.1 Å². The minimum Gasteiger partial charge on any atom is -0.406 e. The molecular weight excluding hydrogens is 349 g/mol. The lowest BCUT2D eigenvalue weighted by Crippen LogP contribution is -3.14. The van der Waals surface area contributed by atoms with Gasteiger partial charge in [0.2, 0.25) is 10.0 Å². The molecule has 1 saturated heterocycles. The number of alkyl halides is 3. The summed E-state index contributed by atoms with van der Waals surface area (Å²) in [5.74, 6) is -0.461. The molecule has 1 fully saturated rings. The molecule has 0 aromatic heterocycles. The Bertz CT molecular complexity index is 614. The molecule has 24 heavy (non-hydrogen) atoms. The van der Waals surface area contributed by atoms with Crippen LogP contribution in [-0.4, -0.2) is 54.2 Å². The van der Waals surface area contributed by atoms with Gasteiger partial charge in [-0.2, -0.15) is 0 Å². The summed E-state index contributed by atoms with van der Waals surface area (Å²) in [7, 11) is -3.74. The van der Waals surface area contributed by atoms with E-state index in [9.17, 15) is 21.6 Å². The van der Waals surface area contributed by atoms with Crippen LogP contribution in [0.1, 0.15) is 6.42 Å². The summed E-state index contributed by atoms with van der Waals surface area (Å²) >= 11 is 0. The number of benzene rings is 1. The first-order valence-electron chi connectivity index (χ1n) is 7.53. The number of halogens is 3. The first-order chi connectivity index (χ1) is 11.3. The summed E-state index contributed by atoms with van der Waals surface area (Å²) in [5.41, 5.74) is 0. The van der Waals surface area contributed by atoms with Gasteiger partial charge in [-0.1, -0.05) is 0 Å². The molecule has 6 nitrogen and oxygen atoms in total. The highest BCUT2D eigenvalue weighted by atomic mass is 32.2. The number of nitrogens with one attached hydrogen (secondary N) is 2. The summed E-state index contributed by atoms with van der Waals surface area (Å²) in [5, 5.41) is 0. The van der Waals surface area contributed by atoms with Crippen LogP contribution in [0.5, 0.6) is 5.75 Å². The van der Waals surface area contributed by atoms with Gasteiger partial charge < -0.3 is 14.4 Å². The predicted octanol–water partition coefficient (Wildman–Crippen LogP) is 0.169. The maximum absolute atomic E-state index is 12.1. The molecule has 0 saturated carbocycles.